The summed E-state index contributed by atoms with van der Waals surface area (Å²) >= 11 is 0. The molecule has 92 valence electrons. The Morgan fingerprint density at radius 2 is 2.17 bits per heavy atom. The number of nitrogens with zero attached hydrogens (tertiary/aromatic N) is 2. The minimum absolute atomic E-state index is 0.0360. The van der Waals surface area contributed by atoms with Gasteiger partial charge in [-0.2, -0.15) is 0 Å². The first-order chi connectivity index (χ1) is 8.75. The number of hydrogen-bond donors (Lipinski definition) is 2. The third-order valence-electron chi connectivity index (χ3n) is 2.16. The first-order valence-electron chi connectivity index (χ1n) is 5.24. The number of carbonyl (C=O) groups is 1. The highest BCUT2D eigenvalue weighted by Gasteiger charge is 2.08. The van der Waals surface area contributed by atoms with Crippen LogP contribution in [-0.2, 0) is 6.54 Å². The molecule has 0 radical (unpaired) electrons. The van der Waals surface area contributed by atoms with Crippen molar-refractivity contribution in [2.75, 3.05) is 5.32 Å². The molecule has 0 aromatic carbocycles. The van der Waals surface area contributed by atoms with Gasteiger partial charge in [-0.25, -0.2) is 9.78 Å². The number of pyridine rings is 2. The van der Waals surface area contributed by atoms with E-state index in [0.717, 1.165) is 5.56 Å². The SMILES string of the molecule is O=C(O)Oc1ncccc1NCc1cccnc1. The first kappa shape index (κ1) is 11.8. The molecule has 0 unspecified atom stereocenters. The molecule has 0 atom stereocenters. The van der Waals surface area contributed by atoms with Crippen molar-refractivity contribution < 1.29 is 14.6 Å². The Balaban J connectivity index is 2.07. The molecule has 18 heavy (non-hydrogen) atoms. The van der Waals surface area contributed by atoms with Crippen molar-refractivity contribution in [3.63, 3.8) is 0 Å². The molecule has 0 aliphatic rings. The Labute approximate surface area is 103 Å². The van der Waals surface area contributed by atoms with E-state index in [4.69, 9.17) is 5.11 Å². The monoisotopic (exact) mass is 245 g/mol. The lowest BCUT2D eigenvalue weighted by atomic mass is 10.3. The molecule has 2 rings (SSSR count). The maximum absolute atomic E-state index is 10.5. The zero-order chi connectivity index (χ0) is 12.8. The molecule has 0 bridgehead atoms. The van der Waals surface area contributed by atoms with Crippen molar-refractivity contribution in [3.05, 3.63) is 48.4 Å². The topological polar surface area (TPSA) is 84.3 Å². The normalized spacial score (nSPS) is 9.78. The van der Waals surface area contributed by atoms with Crippen LogP contribution in [0.3, 0.4) is 0 Å². The van der Waals surface area contributed by atoms with Crippen LogP contribution in [0.2, 0.25) is 0 Å². The maximum atomic E-state index is 10.5. The van der Waals surface area contributed by atoms with Gasteiger partial charge in [0.1, 0.15) is 0 Å². The second-order valence-corrected chi connectivity index (χ2v) is 3.44. The maximum Gasteiger partial charge on any atom is 0.512 e. The van der Waals surface area contributed by atoms with Crippen LogP contribution >= 0.6 is 0 Å². The van der Waals surface area contributed by atoms with Crippen LogP contribution in [0.15, 0.2) is 42.9 Å². The molecule has 0 saturated carbocycles. The van der Waals surface area contributed by atoms with Gasteiger partial charge in [0.25, 0.3) is 0 Å². The van der Waals surface area contributed by atoms with Crippen LogP contribution < -0.4 is 10.1 Å². The van der Waals surface area contributed by atoms with E-state index in [1.165, 1.54) is 6.20 Å². The van der Waals surface area contributed by atoms with Crippen LogP contribution in [0.5, 0.6) is 5.88 Å². The van der Waals surface area contributed by atoms with Crippen molar-refractivity contribution in [2.45, 2.75) is 6.54 Å². The fraction of sp³-hybridized carbons (Fsp3) is 0.0833. The summed E-state index contributed by atoms with van der Waals surface area (Å²) in [4.78, 5) is 18.3. The lowest BCUT2D eigenvalue weighted by Crippen LogP contribution is -2.08. The zero-order valence-corrected chi connectivity index (χ0v) is 9.41. The minimum Gasteiger partial charge on any atom is -0.449 e. The molecule has 0 spiro atoms. The van der Waals surface area contributed by atoms with Crippen molar-refractivity contribution in [1.29, 1.82) is 0 Å². The molecular weight excluding hydrogens is 234 g/mol. The van der Waals surface area contributed by atoms with Gasteiger partial charge in [-0.1, -0.05) is 6.07 Å². The molecule has 2 N–H and O–H groups in total. The third-order valence-corrected chi connectivity index (χ3v) is 2.16. The molecule has 0 amide bonds. The van der Waals surface area contributed by atoms with E-state index in [1.54, 1.807) is 24.5 Å². The van der Waals surface area contributed by atoms with Gasteiger partial charge in [0.15, 0.2) is 0 Å². The molecule has 0 fully saturated rings. The van der Waals surface area contributed by atoms with E-state index in [0.29, 0.717) is 12.2 Å². The molecule has 6 nitrogen and oxygen atoms in total. The lowest BCUT2D eigenvalue weighted by molar-refractivity contribution is 0.143. The molecular formula is C12H11N3O3. The predicted molar refractivity (Wildman–Crippen MR) is 64.5 cm³/mol. The summed E-state index contributed by atoms with van der Waals surface area (Å²) in [5.74, 6) is 0.0360. The Morgan fingerprint density at radius 1 is 1.33 bits per heavy atom. The number of rotatable bonds is 4. The van der Waals surface area contributed by atoms with E-state index < -0.39 is 6.16 Å². The average Bonchev–Trinajstić information content (AvgIpc) is 2.38. The molecule has 6 heteroatoms. The van der Waals surface area contributed by atoms with Crippen molar-refractivity contribution in [2.24, 2.45) is 0 Å². The highest BCUT2D eigenvalue weighted by Crippen LogP contribution is 2.21. The molecule has 2 heterocycles. The van der Waals surface area contributed by atoms with Gasteiger partial charge in [0, 0.05) is 25.1 Å². The standard InChI is InChI=1S/C12H11N3O3/c16-12(17)18-11-10(4-2-6-14-11)15-8-9-3-1-5-13-7-9/h1-7,15H,8H2,(H,16,17). The second-order valence-electron chi connectivity index (χ2n) is 3.44. The molecule has 0 saturated heterocycles. The van der Waals surface area contributed by atoms with Crippen LogP contribution in [0.25, 0.3) is 0 Å². The number of aromatic nitrogens is 2. The Morgan fingerprint density at radius 3 is 2.89 bits per heavy atom. The van der Waals surface area contributed by atoms with Crippen molar-refractivity contribution in [3.8, 4) is 5.88 Å². The molecule has 2 aromatic heterocycles. The van der Waals surface area contributed by atoms with Crippen molar-refractivity contribution >= 4 is 11.8 Å². The average molecular weight is 245 g/mol. The zero-order valence-electron chi connectivity index (χ0n) is 9.41. The first-order valence-corrected chi connectivity index (χ1v) is 5.24. The Kier molecular flexibility index (Phi) is 3.70. The number of ether oxygens (including phenoxy) is 1. The quantitative estimate of drug-likeness (QED) is 0.803. The Bertz CT molecular complexity index is 531. The van der Waals surface area contributed by atoms with E-state index in [1.807, 2.05) is 12.1 Å². The number of hydrogen-bond acceptors (Lipinski definition) is 5. The van der Waals surface area contributed by atoms with Crippen LogP contribution in [0.1, 0.15) is 5.56 Å². The number of carboxylic acid groups (broad SMARTS) is 1. The predicted octanol–water partition coefficient (Wildman–Crippen LogP) is 2.15. The summed E-state index contributed by atoms with van der Waals surface area (Å²) in [5, 5.41) is 11.6. The van der Waals surface area contributed by atoms with Gasteiger partial charge in [-0.3, -0.25) is 4.98 Å². The van der Waals surface area contributed by atoms with Gasteiger partial charge in [0.05, 0.1) is 5.69 Å². The minimum atomic E-state index is -1.39. The largest absolute Gasteiger partial charge is 0.512 e. The Hall–Kier alpha value is -2.63. The highest BCUT2D eigenvalue weighted by atomic mass is 16.7. The smallest absolute Gasteiger partial charge is 0.449 e. The number of anilines is 1. The van der Waals surface area contributed by atoms with Gasteiger partial charge in [-0.15, -0.1) is 0 Å². The molecule has 0 aliphatic carbocycles. The van der Waals surface area contributed by atoms with Gasteiger partial charge < -0.3 is 15.2 Å². The third kappa shape index (κ3) is 3.18. The fourth-order valence-corrected chi connectivity index (χ4v) is 1.39. The van der Waals surface area contributed by atoms with E-state index in [2.05, 4.69) is 20.0 Å². The highest BCUT2D eigenvalue weighted by molar-refractivity contribution is 5.65. The van der Waals surface area contributed by atoms with Crippen molar-refractivity contribution in [1.82, 2.24) is 9.97 Å². The summed E-state index contributed by atoms with van der Waals surface area (Å²) in [6.45, 7) is 0.509. The van der Waals surface area contributed by atoms with Gasteiger partial charge >= 0.3 is 6.16 Å². The van der Waals surface area contributed by atoms with Crippen LogP contribution in [-0.4, -0.2) is 21.2 Å². The number of nitrogens with one attached hydrogen (secondary N) is 1. The summed E-state index contributed by atoms with van der Waals surface area (Å²) in [5.41, 5.74) is 1.49. The summed E-state index contributed by atoms with van der Waals surface area (Å²) in [6.07, 6.45) is 3.49. The van der Waals surface area contributed by atoms with E-state index >= 15 is 0 Å². The van der Waals surface area contributed by atoms with Crippen LogP contribution in [0, 0.1) is 0 Å². The second kappa shape index (κ2) is 5.62. The summed E-state index contributed by atoms with van der Waals surface area (Å²) < 4.78 is 4.56. The van der Waals surface area contributed by atoms with Crippen LogP contribution in [0.4, 0.5) is 10.5 Å². The molecule has 0 aliphatic heterocycles. The van der Waals surface area contributed by atoms with Gasteiger partial charge in [0.2, 0.25) is 5.88 Å². The van der Waals surface area contributed by atoms with Gasteiger partial charge in [-0.05, 0) is 23.8 Å². The van der Waals surface area contributed by atoms with E-state index in [9.17, 15) is 4.79 Å². The fourth-order valence-electron chi connectivity index (χ4n) is 1.39. The molecule has 2 aromatic rings. The summed E-state index contributed by atoms with van der Waals surface area (Å²) in [7, 11) is 0. The summed E-state index contributed by atoms with van der Waals surface area (Å²) in [6, 6.07) is 7.13. The van der Waals surface area contributed by atoms with E-state index in [-0.39, 0.29) is 5.88 Å². The lowest BCUT2D eigenvalue weighted by Gasteiger charge is -2.09.